The molecule has 0 aliphatic carbocycles. The molecule has 0 spiro atoms. The van der Waals surface area contributed by atoms with Crippen molar-refractivity contribution in [3.63, 3.8) is 0 Å². The molecular weight excluding hydrogens is 410 g/mol. The maximum Gasteiger partial charge on any atom is 0.227 e. The number of para-hydroxylation sites is 1. The number of oxazole rings is 1. The van der Waals surface area contributed by atoms with Gasteiger partial charge in [-0.2, -0.15) is 0 Å². The van der Waals surface area contributed by atoms with Crippen LogP contribution in [0.1, 0.15) is 0 Å². The Bertz CT molecular complexity index is 1830. The lowest BCUT2D eigenvalue weighted by atomic mass is 9.96. The second-order valence-corrected chi connectivity index (χ2v) is 8.17. The summed E-state index contributed by atoms with van der Waals surface area (Å²) in [6.45, 7) is 0. The lowest BCUT2D eigenvalue weighted by Gasteiger charge is -2.08. The average molecular weight is 427 g/mol. The van der Waals surface area contributed by atoms with Crippen LogP contribution in [0.4, 0.5) is 0 Å². The zero-order chi connectivity index (χ0) is 21.9. The molecule has 33 heavy (non-hydrogen) atoms. The molecule has 0 atom stereocenters. The Morgan fingerprint density at radius 2 is 1.33 bits per heavy atom. The van der Waals surface area contributed by atoms with Crippen LogP contribution >= 0.6 is 0 Å². The fourth-order valence-electron chi connectivity index (χ4n) is 4.68. The Kier molecular flexibility index (Phi) is 3.67. The smallest absolute Gasteiger partial charge is 0.227 e. The van der Waals surface area contributed by atoms with Crippen molar-refractivity contribution in [3.8, 4) is 28.3 Å². The second kappa shape index (κ2) is 6.71. The number of hydrogen-bond donors (Lipinski definition) is 1. The molecule has 4 heteroatoms. The van der Waals surface area contributed by atoms with Crippen LogP contribution in [-0.2, 0) is 0 Å². The summed E-state index contributed by atoms with van der Waals surface area (Å²) >= 11 is 0. The fraction of sp³-hybridized carbons (Fsp3) is 0. The van der Waals surface area contributed by atoms with Crippen LogP contribution in [-0.4, -0.2) is 10.1 Å². The number of benzene rings is 5. The van der Waals surface area contributed by atoms with Crippen LogP contribution in [0.5, 0.6) is 5.75 Å². The molecule has 0 bridgehead atoms. The van der Waals surface area contributed by atoms with Gasteiger partial charge in [0.05, 0.1) is 5.39 Å². The van der Waals surface area contributed by atoms with Gasteiger partial charge in [0.1, 0.15) is 22.4 Å². The third-order valence-corrected chi connectivity index (χ3v) is 6.19. The lowest BCUT2D eigenvalue weighted by molar-refractivity contribution is 0.482. The summed E-state index contributed by atoms with van der Waals surface area (Å²) in [5.74, 6) is 0.783. The first-order chi connectivity index (χ1) is 16.3. The molecule has 0 aliphatic heterocycles. The molecule has 2 aromatic heterocycles. The largest absolute Gasteiger partial charge is 0.507 e. The van der Waals surface area contributed by atoms with E-state index in [1.807, 2.05) is 84.9 Å². The number of phenolic OH excluding ortho intramolecular Hbond substituents is 1. The van der Waals surface area contributed by atoms with Crippen LogP contribution in [0, 0.1) is 0 Å². The first-order valence-electron chi connectivity index (χ1n) is 10.8. The standard InChI is InChI=1S/C29H17NO3/c31-24-14-18(15-26-27(24)21-12-6-7-13-25(21)32-26)22-16-23-28(20-11-5-4-10-19(20)22)33-29(30-23)17-8-2-1-3-9-17/h1-16,31H. The fourth-order valence-corrected chi connectivity index (χ4v) is 4.68. The van der Waals surface area contributed by atoms with Crippen LogP contribution in [0.3, 0.4) is 0 Å². The minimum Gasteiger partial charge on any atom is -0.507 e. The van der Waals surface area contributed by atoms with Gasteiger partial charge in [0.2, 0.25) is 5.89 Å². The molecule has 7 rings (SSSR count). The number of furan rings is 1. The predicted octanol–water partition coefficient (Wildman–Crippen LogP) is 7.92. The summed E-state index contributed by atoms with van der Waals surface area (Å²) in [4.78, 5) is 4.79. The Labute approximate surface area is 188 Å². The monoisotopic (exact) mass is 427 g/mol. The van der Waals surface area contributed by atoms with Crippen LogP contribution < -0.4 is 0 Å². The zero-order valence-electron chi connectivity index (χ0n) is 17.4. The highest BCUT2D eigenvalue weighted by molar-refractivity contribution is 6.13. The molecular formula is C29H17NO3. The van der Waals surface area contributed by atoms with Crippen LogP contribution in [0.25, 0.3) is 66.4 Å². The van der Waals surface area contributed by atoms with E-state index >= 15 is 0 Å². The predicted molar refractivity (Wildman–Crippen MR) is 131 cm³/mol. The molecule has 7 aromatic rings. The lowest BCUT2D eigenvalue weighted by Crippen LogP contribution is -1.84. The first kappa shape index (κ1) is 18.0. The molecule has 0 saturated carbocycles. The molecule has 0 saturated heterocycles. The molecule has 0 aliphatic rings. The quantitative estimate of drug-likeness (QED) is 0.304. The maximum atomic E-state index is 10.9. The van der Waals surface area contributed by atoms with E-state index in [2.05, 4.69) is 6.07 Å². The second-order valence-electron chi connectivity index (χ2n) is 8.17. The summed E-state index contributed by atoms with van der Waals surface area (Å²) in [5.41, 5.74) is 5.68. The Morgan fingerprint density at radius 1 is 0.606 bits per heavy atom. The van der Waals surface area contributed by atoms with Crippen LogP contribution in [0.2, 0.25) is 0 Å². The van der Waals surface area contributed by atoms with Gasteiger partial charge in [-0.05, 0) is 52.9 Å². The summed E-state index contributed by atoms with van der Waals surface area (Å²) in [5, 5.41) is 14.6. The summed E-state index contributed by atoms with van der Waals surface area (Å²) < 4.78 is 12.3. The summed E-state index contributed by atoms with van der Waals surface area (Å²) in [6, 6.07) is 31.6. The molecule has 1 N–H and O–H groups in total. The van der Waals surface area contributed by atoms with Gasteiger partial charge in [-0.1, -0.05) is 60.7 Å². The Balaban J connectivity index is 1.52. The minimum absolute atomic E-state index is 0.196. The van der Waals surface area contributed by atoms with Crippen molar-refractivity contribution in [2.45, 2.75) is 0 Å². The van der Waals surface area contributed by atoms with E-state index in [1.165, 1.54) is 0 Å². The van der Waals surface area contributed by atoms with E-state index in [9.17, 15) is 5.11 Å². The van der Waals surface area contributed by atoms with Crippen molar-refractivity contribution in [2.24, 2.45) is 0 Å². The molecule has 0 radical (unpaired) electrons. The van der Waals surface area contributed by atoms with Crippen LogP contribution in [0.15, 0.2) is 106 Å². The summed E-state index contributed by atoms with van der Waals surface area (Å²) in [6.07, 6.45) is 0. The molecule has 0 fully saturated rings. The molecule has 156 valence electrons. The number of aromatic nitrogens is 1. The number of hydrogen-bond acceptors (Lipinski definition) is 4. The number of phenols is 1. The van der Waals surface area contributed by atoms with Gasteiger partial charge < -0.3 is 13.9 Å². The normalized spacial score (nSPS) is 11.8. The SMILES string of the molecule is Oc1cc(-c2cc3nc(-c4ccccc4)oc3c3ccccc23)cc2oc3ccccc3c12. The van der Waals surface area contributed by atoms with Gasteiger partial charge in [0.15, 0.2) is 5.58 Å². The third-order valence-electron chi connectivity index (χ3n) is 6.19. The van der Waals surface area contributed by atoms with Gasteiger partial charge in [0.25, 0.3) is 0 Å². The van der Waals surface area contributed by atoms with E-state index in [0.29, 0.717) is 11.5 Å². The number of fused-ring (bicyclic) bond motifs is 6. The molecule has 2 heterocycles. The average Bonchev–Trinajstić information content (AvgIpc) is 3.46. The van der Waals surface area contributed by atoms with E-state index in [1.54, 1.807) is 6.07 Å². The highest BCUT2D eigenvalue weighted by atomic mass is 16.3. The van der Waals surface area contributed by atoms with Gasteiger partial charge in [-0.3, -0.25) is 0 Å². The molecule has 0 amide bonds. The topological polar surface area (TPSA) is 59.4 Å². The van der Waals surface area contributed by atoms with Crippen molar-refractivity contribution in [3.05, 3.63) is 97.1 Å². The van der Waals surface area contributed by atoms with E-state index in [0.717, 1.165) is 54.9 Å². The molecule has 0 unspecified atom stereocenters. The van der Waals surface area contributed by atoms with Crippen molar-refractivity contribution < 1.29 is 13.9 Å². The Morgan fingerprint density at radius 3 is 2.18 bits per heavy atom. The summed E-state index contributed by atoms with van der Waals surface area (Å²) in [7, 11) is 0. The van der Waals surface area contributed by atoms with Gasteiger partial charge in [-0.15, -0.1) is 0 Å². The molecule has 4 nitrogen and oxygen atoms in total. The first-order valence-corrected chi connectivity index (χ1v) is 10.8. The van der Waals surface area contributed by atoms with Gasteiger partial charge in [0, 0.05) is 16.3 Å². The van der Waals surface area contributed by atoms with Crippen molar-refractivity contribution in [1.82, 2.24) is 4.98 Å². The van der Waals surface area contributed by atoms with Crippen molar-refractivity contribution >= 4 is 43.8 Å². The van der Waals surface area contributed by atoms with Crippen molar-refractivity contribution in [2.75, 3.05) is 0 Å². The number of aromatic hydroxyl groups is 1. The van der Waals surface area contributed by atoms with Gasteiger partial charge >= 0.3 is 0 Å². The van der Waals surface area contributed by atoms with E-state index in [-0.39, 0.29) is 5.75 Å². The van der Waals surface area contributed by atoms with Crippen molar-refractivity contribution in [1.29, 1.82) is 0 Å². The maximum absolute atomic E-state index is 10.9. The highest BCUT2D eigenvalue weighted by Gasteiger charge is 2.18. The van der Waals surface area contributed by atoms with E-state index in [4.69, 9.17) is 13.8 Å². The Hall–Kier alpha value is -4.57. The van der Waals surface area contributed by atoms with Gasteiger partial charge in [-0.25, -0.2) is 4.98 Å². The highest BCUT2D eigenvalue weighted by Crippen LogP contribution is 2.42. The number of rotatable bonds is 2. The molecule has 5 aromatic carbocycles. The zero-order valence-corrected chi connectivity index (χ0v) is 17.4. The third kappa shape index (κ3) is 2.68. The number of nitrogens with zero attached hydrogens (tertiary/aromatic N) is 1. The minimum atomic E-state index is 0.196. The van der Waals surface area contributed by atoms with E-state index < -0.39 is 0 Å².